The van der Waals surface area contributed by atoms with Gasteiger partial charge in [0.05, 0.1) is 39.9 Å². The molecule has 2 amide bonds. The van der Waals surface area contributed by atoms with Gasteiger partial charge in [-0.1, -0.05) is 60.5 Å². The molecule has 13 heteroatoms. The number of ketones is 1. The Hall–Kier alpha value is -5.01. The van der Waals surface area contributed by atoms with E-state index < -0.39 is 5.60 Å². The van der Waals surface area contributed by atoms with Crippen LogP contribution >= 0.6 is 11.6 Å². The van der Waals surface area contributed by atoms with E-state index in [1.165, 1.54) is 10.9 Å². The Bertz CT molecular complexity index is 2480. The number of benzene rings is 3. The molecule has 62 heavy (non-hydrogen) atoms. The number of nitrogens with zero attached hydrogens (tertiary/aromatic N) is 6. The van der Waals surface area contributed by atoms with Crippen LogP contribution in [0.25, 0.3) is 21.8 Å². The Labute approximate surface area is 368 Å². The van der Waals surface area contributed by atoms with Crippen LogP contribution in [0.4, 0.5) is 5.69 Å². The van der Waals surface area contributed by atoms with Crippen LogP contribution in [0.2, 0.25) is 5.02 Å². The van der Waals surface area contributed by atoms with Gasteiger partial charge in [0, 0.05) is 86.9 Å². The molecule has 0 bridgehead atoms. The molecule has 5 aromatic rings. The minimum Gasteiger partial charge on any atom is -0.388 e. The maximum Gasteiger partial charge on any atom is 0.261 e. The van der Waals surface area contributed by atoms with Crippen molar-refractivity contribution in [3.8, 4) is 0 Å². The van der Waals surface area contributed by atoms with Crippen molar-refractivity contribution < 1.29 is 19.5 Å². The number of likely N-dealkylation sites (N-methyl/N-ethyl adjacent to an activating group) is 1. The fraction of sp³-hybridized carbons (Fsp3) is 0.469. The summed E-state index contributed by atoms with van der Waals surface area (Å²) in [6.45, 7) is 5.40. The number of Topliss-reactive ketones (excluding diaryl/α,β-unsaturated/α-hetero) is 1. The standard InChI is InChI=1S/C49H58ClN7O5/c1-54-25-27-55(28-26-54)22-19-45(59)52-37-16-18-40-42(31-37)51-33-57(48(40)61)32-49(62)20-23-56(24-21-49)47(60)36(29-34-9-3-2-4-10-34)11-5-8-14-44(58)35-15-17-39-43(30-35)53-41-13-7-6-12-38(41)46(39)50/h2-4,9-10,15-18,30-31,33,36,62H,5-8,11-14,19-29,32H2,1H3,(H,52,59). The normalized spacial score (nSPS) is 17.5. The molecule has 326 valence electrons. The molecule has 3 aliphatic rings. The van der Waals surface area contributed by atoms with E-state index in [1.54, 1.807) is 18.2 Å². The van der Waals surface area contributed by atoms with Crippen molar-refractivity contribution in [2.75, 3.05) is 58.2 Å². The highest BCUT2D eigenvalue weighted by Crippen LogP contribution is 2.34. The summed E-state index contributed by atoms with van der Waals surface area (Å²) in [4.78, 5) is 69.7. The van der Waals surface area contributed by atoms with E-state index >= 15 is 0 Å². The fourth-order valence-corrected chi connectivity index (χ4v) is 9.72. The maximum atomic E-state index is 14.2. The average Bonchev–Trinajstić information content (AvgIpc) is 3.28. The predicted molar refractivity (Wildman–Crippen MR) is 244 cm³/mol. The molecule has 2 aromatic heterocycles. The predicted octanol–water partition coefficient (Wildman–Crippen LogP) is 6.71. The van der Waals surface area contributed by atoms with E-state index in [2.05, 4.69) is 27.1 Å². The van der Waals surface area contributed by atoms with Gasteiger partial charge >= 0.3 is 0 Å². The molecule has 1 atom stereocenters. The Morgan fingerprint density at radius 3 is 2.42 bits per heavy atom. The minimum absolute atomic E-state index is 0.0507. The van der Waals surface area contributed by atoms with E-state index in [0.717, 1.165) is 91.0 Å². The van der Waals surface area contributed by atoms with E-state index in [9.17, 15) is 24.3 Å². The SMILES string of the molecule is CN1CCN(CCC(=O)Nc2ccc3c(=O)n(CC4(O)CCN(C(=O)C(CCCCC(=O)c5ccc6c(Cl)c7c(nc6c5)CCCC7)Cc5ccccc5)CC4)cnc3c2)CC1. The van der Waals surface area contributed by atoms with Gasteiger partial charge in [-0.25, -0.2) is 4.98 Å². The highest BCUT2D eigenvalue weighted by atomic mass is 35.5. The number of aliphatic hydroxyl groups is 1. The number of carbonyl (C=O) groups excluding carboxylic acids is 3. The van der Waals surface area contributed by atoms with E-state index in [4.69, 9.17) is 16.6 Å². The number of nitrogens with one attached hydrogen (secondary N) is 1. The Morgan fingerprint density at radius 2 is 1.63 bits per heavy atom. The van der Waals surface area contributed by atoms with E-state index in [-0.39, 0.29) is 35.6 Å². The molecule has 0 spiro atoms. The number of likely N-dealkylation sites (tertiary alicyclic amines) is 1. The minimum atomic E-state index is -1.19. The Morgan fingerprint density at radius 1 is 0.871 bits per heavy atom. The molecular weight excluding hydrogens is 802 g/mol. The first-order valence-electron chi connectivity index (χ1n) is 22.4. The van der Waals surface area contributed by atoms with Crippen molar-refractivity contribution in [2.24, 2.45) is 5.92 Å². The summed E-state index contributed by atoms with van der Waals surface area (Å²) in [7, 11) is 2.11. The maximum absolute atomic E-state index is 14.2. The molecule has 12 nitrogen and oxygen atoms in total. The van der Waals surface area contributed by atoms with Crippen LogP contribution in [-0.2, 0) is 35.4 Å². The van der Waals surface area contributed by atoms with Gasteiger partial charge in [-0.15, -0.1) is 0 Å². The number of piperazine rings is 1. The quantitative estimate of drug-likeness (QED) is 0.0869. The number of hydrogen-bond acceptors (Lipinski definition) is 9. The van der Waals surface area contributed by atoms with Gasteiger partial charge in [0.1, 0.15) is 0 Å². The number of pyridine rings is 1. The summed E-state index contributed by atoms with van der Waals surface area (Å²) in [6.07, 6.45) is 9.57. The summed E-state index contributed by atoms with van der Waals surface area (Å²) in [6, 6.07) is 20.8. The lowest BCUT2D eigenvalue weighted by Crippen LogP contribution is -2.51. The van der Waals surface area contributed by atoms with Crippen molar-refractivity contribution in [1.82, 2.24) is 29.2 Å². The number of halogens is 1. The summed E-state index contributed by atoms with van der Waals surface area (Å²) < 4.78 is 1.45. The lowest BCUT2D eigenvalue weighted by molar-refractivity contribution is -0.140. The van der Waals surface area contributed by atoms with E-state index in [1.807, 2.05) is 53.4 Å². The molecule has 0 saturated carbocycles. The van der Waals surface area contributed by atoms with Gasteiger partial charge in [-0.3, -0.25) is 28.7 Å². The summed E-state index contributed by atoms with van der Waals surface area (Å²) in [5.74, 6) is -0.239. The smallest absolute Gasteiger partial charge is 0.261 e. The zero-order chi connectivity index (χ0) is 43.2. The van der Waals surface area contributed by atoms with Crippen molar-refractivity contribution >= 4 is 56.7 Å². The number of anilines is 1. The first kappa shape index (κ1) is 43.6. The highest BCUT2D eigenvalue weighted by molar-refractivity contribution is 6.36. The molecule has 0 radical (unpaired) electrons. The second-order valence-electron chi connectivity index (χ2n) is 17.7. The van der Waals surface area contributed by atoms with Crippen molar-refractivity contribution in [2.45, 2.75) is 89.2 Å². The van der Waals surface area contributed by atoms with Crippen LogP contribution in [0.5, 0.6) is 0 Å². The summed E-state index contributed by atoms with van der Waals surface area (Å²) in [5.41, 5.74) is 4.29. The van der Waals surface area contributed by atoms with Gasteiger partial charge in [-0.05, 0) is 100 Å². The molecular formula is C49H58ClN7O5. The lowest BCUT2D eigenvalue weighted by atomic mass is 9.88. The van der Waals surface area contributed by atoms with Crippen LogP contribution in [0.15, 0.2) is 77.9 Å². The average molecular weight is 860 g/mol. The van der Waals surface area contributed by atoms with Gasteiger partial charge in [-0.2, -0.15) is 0 Å². The molecule has 8 rings (SSSR count). The van der Waals surface area contributed by atoms with Crippen LogP contribution < -0.4 is 10.9 Å². The third kappa shape index (κ3) is 10.4. The van der Waals surface area contributed by atoms with Crippen molar-refractivity contribution in [3.05, 3.63) is 111 Å². The number of carbonyl (C=O) groups is 3. The molecule has 2 aliphatic heterocycles. The zero-order valence-corrected chi connectivity index (χ0v) is 36.5. The molecule has 2 N–H and O–H groups in total. The molecule has 1 aliphatic carbocycles. The van der Waals surface area contributed by atoms with Gasteiger partial charge < -0.3 is 25.1 Å². The largest absolute Gasteiger partial charge is 0.388 e. The highest BCUT2D eigenvalue weighted by Gasteiger charge is 2.36. The van der Waals surface area contributed by atoms with Crippen LogP contribution in [0.3, 0.4) is 0 Å². The third-order valence-electron chi connectivity index (χ3n) is 13.2. The van der Waals surface area contributed by atoms with Crippen molar-refractivity contribution in [3.63, 3.8) is 0 Å². The number of amides is 2. The number of aryl methyl sites for hydroxylation is 1. The Balaban J connectivity index is 0.845. The lowest BCUT2D eigenvalue weighted by Gasteiger charge is -2.39. The topological polar surface area (TPSA) is 141 Å². The number of rotatable bonds is 15. The first-order valence-corrected chi connectivity index (χ1v) is 22.8. The fourth-order valence-electron chi connectivity index (χ4n) is 9.35. The molecule has 2 fully saturated rings. The molecule has 2 saturated heterocycles. The summed E-state index contributed by atoms with van der Waals surface area (Å²) >= 11 is 6.78. The zero-order valence-electron chi connectivity index (χ0n) is 35.8. The number of piperidine rings is 1. The monoisotopic (exact) mass is 859 g/mol. The summed E-state index contributed by atoms with van der Waals surface area (Å²) in [5, 5.41) is 16.7. The first-order chi connectivity index (χ1) is 30.0. The number of hydrogen-bond donors (Lipinski definition) is 2. The van der Waals surface area contributed by atoms with Crippen molar-refractivity contribution in [1.29, 1.82) is 0 Å². The van der Waals surface area contributed by atoms with Gasteiger partial charge in [0.25, 0.3) is 5.56 Å². The van der Waals surface area contributed by atoms with Gasteiger partial charge in [0.2, 0.25) is 11.8 Å². The third-order valence-corrected chi connectivity index (χ3v) is 13.7. The van der Waals surface area contributed by atoms with E-state index in [0.29, 0.717) is 86.7 Å². The second-order valence-corrected chi connectivity index (χ2v) is 18.1. The van der Waals surface area contributed by atoms with Gasteiger partial charge in [0.15, 0.2) is 5.78 Å². The van der Waals surface area contributed by atoms with Crippen LogP contribution in [0.1, 0.15) is 85.0 Å². The number of aromatic nitrogens is 3. The second kappa shape index (κ2) is 19.6. The molecule has 1 unspecified atom stereocenters. The Kier molecular flexibility index (Phi) is 13.8. The molecule has 3 aromatic carbocycles. The number of unbranched alkanes of at least 4 members (excludes halogenated alkanes) is 1. The molecule has 4 heterocycles. The van der Waals surface area contributed by atoms with Crippen LogP contribution in [0, 0.1) is 5.92 Å². The van der Waals surface area contributed by atoms with Crippen LogP contribution in [-0.4, -0.2) is 110 Å². The number of fused-ring (bicyclic) bond motifs is 3.